The largest absolute Gasteiger partial charge is 0.364 e. The van der Waals surface area contributed by atoms with Crippen molar-refractivity contribution in [3.63, 3.8) is 0 Å². The highest BCUT2D eigenvalue weighted by molar-refractivity contribution is 5.83. The maximum absolute atomic E-state index is 4.34. The topological polar surface area (TPSA) is 39.7 Å². The van der Waals surface area contributed by atoms with Crippen molar-refractivity contribution in [3.05, 3.63) is 23.7 Å². The number of hydrogen-bond acceptors (Lipinski definition) is 4. The average Bonchev–Trinajstić information content (AvgIpc) is 2.48. The lowest BCUT2D eigenvalue weighted by molar-refractivity contribution is 0.448. The van der Waals surface area contributed by atoms with Gasteiger partial charge in [0.25, 0.3) is 0 Å². The van der Waals surface area contributed by atoms with E-state index in [4.69, 9.17) is 0 Å². The monoisotopic (exact) mass is 178 g/mol. The molecule has 0 aliphatic carbocycles. The van der Waals surface area contributed by atoms with Crippen LogP contribution in [0, 0.1) is 0 Å². The highest BCUT2D eigenvalue weighted by atomic mass is 15.2. The summed E-state index contributed by atoms with van der Waals surface area (Å²) in [7, 11) is 4.11. The van der Waals surface area contributed by atoms with Gasteiger partial charge in [-0.1, -0.05) is 0 Å². The van der Waals surface area contributed by atoms with Crippen LogP contribution in [-0.2, 0) is 0 Å². The molecule has 2 N–H and O–H groups in total. The predicted octanol–water partition coefficient (Wildman–Crippen LogP) is -0.123. The minimum atomic E-state index is 0.111. The van der Waals surface area contributed by atoms with Crippen LogP contribution in [-0.4, -0.2) is 37.9 Å². The van der Waals surface area contributed by atoms with E-state index in [9.17, 15) is 0 Å². The van der Waals surface area contributed by atoms with Crippen LogP contribution < -0.4 is 10.6 Å². The first-order valence-corrected chi connectivity index (χ1v) is 4.36. The Morgan fingerprint density at radius 1 is 1.46 bits per heavy atom. The van der Waals surface area contributed by atoms with Gasteiger partial charge in [0.05, 0.1) is 5.70 Å². The van der Waals surface area contributed by atoms with E-state index in [-0.39, 0.29) is 6.17 Å². The van der Waals surface area contributed by atoms with Gasteiger partial charge in [-0.2, -0.15) is 0 Å². The fourth-order valence-corrected chi connectivity index (χ4v) is 1.52. The number of fused-ring (bicyclic) bond motifs is 1. The second-order valence-corrected chi connectivity index (χ2v) is 3.50. The Hall–Kier alpha value is -1.29. The molecule has 2 heterocycles. The third-order valence-electron chi connectivity index (χ3n) is 2.06. The van der Waals surface area contributed by atoms with E-state index in [1.54, 1.807) is 0 Å². The Labute approximate surface area is 78.0 Å². The highest BCUT2D eigenvalue weighted by Crippen LogP contribution is 2.15. The summed E-state index contributed by atoms with van der Waals surface area (Å²) in [6.45, 7) is 0.928. The van der Waals surface area contributed by atoms with Crippen LogP contribution >= 0.6 is 0 Å². The molecule has 0 aromatic carbocycles. The SMILES string of the molecule is CN(C)CC1=C2NC=CNC2N=C1. The van der Waals surface area contributed by atoms with Crippen LogP contribution in [0.2, 0.25) is 0 Å². The van der Waals surface area contributed by atoms with Crippen molar-refractivity contribution in [1.29, 1.82) is 0 Å². The van der Waals surface area contributed by atoms with Gasteiger partial charge >= 0.3 is 0 Å². The van der Waals surface area contributed by atoms with Gasteiger partial charge in [-0.3, -0.25) is 4.99 Å². The molecule has 2 aliphatic rings. The molecule has 0 radical (unpaired) electrons. The standard InChI is InChI=1S/C9H14N4/c1-13(2)6-7-5-12-9-8(7)10-3-4-11-9/h3-5,9-11H,6H2,1-2H3. The smallest absolute Gasteiger partial charge is 0.159 e. The third-order valence-corrected chi connectivity index (χ3v) is 2.06. The van der Waals surface area contributed by atoms with E-state index >= 15 is 0 Å². The molecule has 4 heteroatoms. The molecule has 13 heavy (non-hydrogen) atoms. The predicted molar refractivity (Wildman–Crippen MR) is 53.3 cm³/mol. The highest BCUT2D eigenvalue weighted by Gasteiger charge is 2.22. The van der Waals surface area contributed by atoms with Crippen LogP contribution in [0.25, 0.3) is 0 Å². The summed E-state index contributed by atoms with van der Waals surface area (Å²) in [5, 5.41) is 6.39. The van der Waals surface area contributed by atoms with Gasteiger partial charge < -0.3 is 15.5 Å². The van der Waals surface area contributed by atoms with Gasteiger partial charge in [0.15, 0.2) is 6.17 Å². The molecule has 0 bridgehead atoms. The van der Waals surface area contributed by atoms with Gasteiger partial charge in [-0.05, 0) is 14.1 Å². The zero-order valence-corrected chi connectivity index (χ0v) is 7.91. The van der Waals surface area contributed by atoms with Crippen molar-refractivity contribution in [2.75, 3.05) is 20.6 Å². The first-order valence-electron chi connectivity index (χ1n) is 4.36. The third kappa shape index (κ3) is 1.58. The van der Waals surface area contributed by atoms with Crippen LogP contribution in [0.3, 0.4) is 0 Å². The van der Waals surface area contributed by atoms with Gasteiger partial charge in [-0.25, -0.2) is 0 Å². The molecule has 70 valence electrons. The van der Waals surface area contributed by atoms with Crippen molar-refractivity contribution < 1.29 is 0 Å². The fourth-order valence-electron chi connectivity index (χ4n) is 1.52. The van der Waals surface area contributed by atoms with E-state index in [0.717, 1.165) is 6.54 Å². The summed E-state index contributed by atoms with van der Waals surface area (Å²) >= 11 is 0. The summed E-state index contributed by atoms with van der Waals surface area (Å²) in [4.78, 5) is 6.48. The van der Waals surface area contributed by atoms with Crippen molar-refractivity contribution in [1.82, 2.24) is 15.5 Å². The van der Waals surface area contributed by atoms with E-state index in [1.807, 2.05) is 18.6 Å². The molecule has 1 atom stereocenters. The Morgan fingerprint density at radius 2 is 2.31 bits per heavy atom. The summed E-state index contributed by atoms with van der Waals surface area (Å²) in [5.74, 6) is 0. The molecule has 0 amide bonds. The van der Waals surface area contributed by atoms with Crippen LogP contribution in [0.4, 0.5) is 0 Å². The fraction of sp³-hybridized carbons (Fsp3) is 0.444. The summed E-state index contributed by atoms with van der Waals surface area (Å²) < 4.78 is 0. The molecule has 1 unspecified atom stereocenters. The average molecular weight is 178 g/mol. The molecule has 0 saturated carbocycles. The van der Waals surface area contributed by atoms with Crippen LogP contribution in [0.15, 0.2) is 28.7 Å². The molecule has 0 spiro atoms. The first-order chi connectivity index (χ1) is 6.27. The number of aliphatic imine (C=N–C) groups is 1. The number of nitrogens with zero attached hydrogens (tertiary/aromatic N) is 2. The zero-order chi connectivity index (χ0) is 9.26. The first kappa shape index (κ1) is 8.31. The number of likely N-dealkylation sites (N-methyl/N-ethyl adjacent to an activating group) is 1. The van der Waals surface area contributed by atoms with Gasteiger partial charge in [0.2, 0.25) is 0 Å². The van der Waals surface area contributed by atoms with Gasteiger partial charge in [0.1, 0.15) is 0 Å². The summed E-state index contributed by atoms with van der Waals surface area (Å²) in [5.41, 5.74) is 2.43. The Bertz CT molecular complexity index is 288. The molecule has 2 aliphatic heterocycles. The molecule has 0 aromatic heterocycles. The van der Waals surface area contributed by atoms with E-state index in [1.165, 1.54) is 11.3 Å². The van der Waals surface area contributed by atoms with Gasteiger partial charge in [-0.15, -0.1) is 0 Å². The molecule has 0 fully saturated rings. The minimum Gasteiger partial charge on any atom is -0.364 e. The number of nitrogens with one attached hydrogen (secondary N) is 2. The molecular weight excluding hydrogens is 164 g/mol. The number of hydrogen-bond donors (Lipinski definition) is 2. The molecule has 2 rings (SSSR count). The van der Waals surface area contributed by atoms with Gasteiger partial charge in [0, 0.05) is 30.7 Å². The molecule has 0 aromatic rings. The summed E-state index contributed by atoms with van der Waals surface area (Å²) in [6, 6.07) is 0. The number of rotatable bonds is 2. The van der Waals surface area contributed by atoms with Crippen molar-refractivity contribution in [3.8, 4) is 0 Å². The molecule has 0 saturated heterocycles. The Balaban J connectivity index is 2.17. The maximum atomic E-state index is 4.34. The minimum absolute atomic E-state index is 0.111. The lowest BCUT2D eigenvalue weighted by Crippen LogP contribution is -2.34. The Kier molecular flexibility index (Phi) is 2.06. The van der Waals surface area contributed by atoms with E-state index in [0.29, 0.717) is 0 Å². The molecule has 4 nitrogen and oxygen atoms in total. The second-order valence-electron chi connectivity index (χ2n) is 3.50. The van der Waals surface area contributed by atoms with Crippen molar-refractivity contribution in [2.24, 2.45) is 4.99 Å². The maximum Gasteiger partial charge on any atom is 0.159 e. The lowest BCUT2D eigenvalue weighted by atomic mass is 10.2. The lowest BCUT2D eigenvalue weighted by Gasteiger charge is -2.19. The molecular formula is C9H14N4. The van der Waals surface area contributed by atoms with Crippen molar-refractivity contribution in [2.45, 2.75) is 6.17 Å². The zero-order valence-electron chi connectivity index (χ0n) is 7.91. The quantitative estimate of drug-likeness (QED) is 0.619. The van der Waals surface area contributed by atoms with E-state index in [2.05, 4.69) is 34.6 Å². The van der Waals surface area contributed by atoms with E-state index < -0.39 is 0 Å². The summed E-state index contributed by atoms with van der Waals surface area (Å²) in [6.07, 6.45) is 5.83. The van der Waals surface area contributed by atoms with Crippen molar-refractivity contribution >= 4 is 6.21 Å². The van der Waals surface area contributed by atoms with Crippen LogP contribution in [0.1, 0.15) is 0 Å². The van der Waals surface area contributed by atoms with Crippen LogP contribution in [0.5, 0.6) is 0 Å². The second kappa shape index (κ2) is 3.22. The normalized spacial score (nSPS) is 24.7. The Morgan fingerprint density at radius 3 is 3.08 bits per heavy atom.